The highest BCUT2D eigenvalue weighted by molar-refractivity contribution is 6.30. The molecule has 1 aliphatic heterocycles. The smallest absolute Gasteiger partial charge is 0.214 e. The predicted molar refractivity (Wildman–Crippen MR) is 101 cm³/mol. The number of hydrogen-bond donors (Lipinski definition) is 1. The van der Waals surface area contributed by atoms with Crippen LogP contribution in [0, 0.1) is 0 Å². The van der Waals surface area contributed by atoms with Crippen LogP contribution >= 0.6 is 11.6 Å². The highest BCUT2D eigenvalue weighted by atomic mass is 35.5. The summed E-state index contributed by atoms with van der Waals surface area (Å²) in [6.07, 6.45) is 0. The lowest BCUT2D eigenvalue weighted by Gasteiger charge is -2.18. The maximum atomic E-state index is 6.04. The molecule has 2 aromatic carbocycles. The van der Waals surface area contributed by atoms with Crippen molar-refractivity contribution in [1.29, 1.82) is 0 Å². The Bertz CT molecular complexity index is 738. The summed E-state index contributed by atoms with van der Waals surface area (Å²) in [7, 11) is 1.78. The molecule has 0 fully saturated rings. The van der Waals surface area contributed by atoms with Crippen LogP contribution in [-0.4, -0.2) is 36.8 Å². The average Bonchev–Trinajstić information content (AvgIpc) is 3.06. The van der Waals surface area contributed by atoms with Gasteiger partial charge in [-0.2, -0.15) is 5.10 Å². The first-order valence-electron chi connectivity index (χ1n) is 8.10. The number of nitrogens with one attached hydrogen (secondary N) is 1. The summed E-state index contributed by atoms with van der Waals surface area (Å²) in [5, 5.41) is 10.8. The highest BCUT2D eigenvalue weighted by Gasteiger charge is 2.31. The fraction of sp³-hybridized carbons (Fsp3) is 0.263. The van der Waals surface area contributed by atoms with Crippen LogP contribution in [0.2, 0.25) is 5.02 Å². The Morgan fingerprint density at radius 2 is 1.92 bits per heavy atom. The molecule has 1 heterocycles. The lowest BCUT2D eigenvalue weighted by atomic mass is 9.91. The third-order valence-corrected chi connectivity index (χ3v) is 4.30. The normalized spacial score (nSPS) is 17.8. The number of benzene rings is 2. The molecule has 5 heteroatoms. The van der Waals surface area contributed by atoms with Crippen molar-refractivity contribution in [2.24, 2.45) is 10.1 Å². The van der Waals surface area contributed by atoms with Gasteiger partial charge in [-0.25, -0.2) is 5.01 Å². The first kappa shape index (κ1) is 16.5. The van der Waals surface area contributed by atoms with Gasteiger partial charge in [-0.3, -0.25) is 4.99 Å². The zero-order chi connectivity index (χ0) is 16.9. The lowest BCUT2D eigenvalue weighted by molar-refractivity contribution is 0.455. The molecule has 0 amide bonds. The summed E-state index contributed by atoms with van der Waals surface area (Å²) in [5.74, 6) is 0.991. The Hall–Kier alpha value is -2.33. The van der Waals surface area contributed by atoms with E-state index >= 15 is 0 Å². The molecule has 2 aromatic rings. The fourth-order valence-corrected chi connectivity index (χ4v) is 3.03. The second-order valence-electron chi connectivity index (χ2n) is 5.62. The predicted octanol–water partition coefficient (Wildman–Crippen LogP) is 3.74. The van der Waals surface area contributed by atoms with Gasteiger partial charge < -0.3 is 5.32 Å². The minimum absolute atomic E-state index is 0.197. The van der Waals surface area contributed by atoms with Crippen molar-refractivity contribution in [3.63, 3.8) is 0 Å². The molecule has 24 heavy (non-hydrogen) atoms. The first-order chi connectivity index (χ1) is 11.7. The van der Waals surface area contributed by atoms with E-state index in [-0.39, 0.29) is 5.92 Å². The van der Waals surface area contributed by atoms with Crippen LogP contribution in [0.1, 0.15) is 24.0 Å². The Morgan fingerprint density at radius 3 is 2.54 bits per heavy atom. The van der Waals surface area contributed by atoms with Gasteiger partial charge in [-0.1, -0.05) is 54.1 Å². The van der Waals surface area contributed by atoms with Gasteiger partial charge >= 0.3 is 0 Å². The monoisotopic (exact) mass is 340 g/mol. The summed E-state index contributed by atoms with van der Waals surface area (Å²) < 4.78 is 0. The SMILES string of the molecule is CCNC(=NC)N1CC(c2ccccc2)C(c2ccc(Cl)cc2)=N1. The molecule has 0 saturated carbocycles. The van der Waals surface area contributed by atoms with Crippen LogP contribution in [0.25, 0.3) is 0 Å². The molecule has 1 aliphatic rings. The van der Waals surface area contributed by atoms with E-state index in [1.165, 1.54) is 5.56 Å². The molecule has 0 bridgehead atoms. The Kier molecular flexibility index (Phi) is 5.16. The summed E-state index contributed by atoms with van der Waals surface area (Å²) in [5.41, 5.74) is 3.38. The summed E-state index contributed by atoms with van der Waals surface area (Å²) in [6, 6.07) is 18.3. The van der Waals surface area contributed by atoms with Crippen molar-refractivity contribution >= 4 is 23.3 Å². The molecule has 0 aliphatic carbocycles. The average molecular weight is 341 g/mol. The quantitative estimate of drug-likeness (QED) is 0.683. The van der Waals surface area contributed by atoms with Gasteiger partial charge in [-0.05, 0) is 30.2 Å². The molecule has 1 N–H and O–H groups in total. The van der Waals surface area contributed by atoms with E-state index in [9.17, 15) is 0 Å². The van der Waals surface area contributed by atoms with Gasteiger partial charge in [0.2, 0.25) is 5.96 Å². The molecule has 124 valence electrons. The zero-order valence-corrected chi connectivity index (χ0v) is 14.7. The molecular formula is C19H21ClN4. The molecular weight excluding hydrogens is 320 g/mol. The minimum atomic E-state index is 0.197. The van der Waals surface area contributed by atoms with Crippen LogP contribution in [0.5, 0.6) is 0 Å². The number of aliphatic imine (C=N–C) groups is 1. The fourth-order valence-electron chi connectivity index (χ4n) is 2.91. The molecule has 1 atom stereocenters. The van der Waals surface area contributed by atoms with Gasteiger partial charge in [-0.15, -0.1) is 0 Å². The third-order valence-electron chi connectivity index (χ3n) is 4.05. The van der Waals surface area contributed by atoms with Crippen LogP contribution < -0.4 is 5.32 Å². The maximum absolute atomic E-state index is 6.04. The summed E-state index contributed by atoms with van der Waals surface area (Å²) in [6.45, 7) is 3.63. The summed E-state index contributed by atoms with van der Waals surface area (Å²) in [4.78, 5) is 4.33. The number of guanidine groups is 1. The molecule has 1 unspecified atom stereocenters. The number of hydrazone groups is 1. The second kappa shape index (κ2) is 7.49. The van der Waals surface area contributed by atoms with Gasteiger partial charge in [0, 0.05) is 24.5 Å². The van der Waals surface area contributed by atoms with Gasteiger partial charge in [0.05, 0.1) is 12.3 Å². The van der Waals surface area contributed by atoms with Crippen molar-refractivity contribution in [2.75, 3.05) is 20.1 Å². The van der Waals surface area contributed by atoms with E-state index in [2.05, 4.69) is 41.5 Å². The Labute approximate surface area is 147 Å². The van der Waals surface area contributed by atoms with E-state index in [1.54, 1.807) is 7.05 Å². The second-order valence-corrected chi connectivity index (χ2v) is 6.05. The van der Waals surface area contributed by atoms with E-state index in [4.69, 9.17) is 16.7 Å². The minimum Gasteiger partial charge on any atom is -0.355 e. The molecule has 0 saturated heterocycles. The Balaban J connectivity index is 1.99. The molecule has 4 nitrogen and oxygen atoms in total. The third kappa shape index (κ3) is 3.44. The number of rotatable bonds is 3. The molecule has 0 spiro atoms. The van der Waals surface area contributed by atoms with Gasteiger partial charge in [0.15, 0.2) is 0 Å². The highest BCUT2D eigenvalue weighted by Crippen LogP contribution is 2.29. The lowest BCUT2D eigenvalue weighted by Crippen LogP contribution is -2.37. The van der Waals surface area contributed by atoms with Gasteiger partial charge in [0.25, 0.3) is 0 Å². The van der Waals surface area contributed by atoms with Crippen LogP contribution in [0.3, 0.4) is 0 Å². The maximum Gasteiger partial charge on any atom is 0.214 e. The molecule has 0 radical (unpaired) electrons. The molecule has 0 aromatic heterocycles. The van der Waals surface area contributed by atoms with Crippen LogP contribution in [-0.2, 0) is 0 Å². The number of hydrogen-bond acceptors (Lipinski definition) is 2. The van der Waals surface area contributed by atoms with E-state index in [0.29, 0.717) is 0 Å². The topological polar surface area (TPSA) is 40.0 Å². The van der Waals surface area contributed by atoms with Crippen LogP contribution in [0.15, 0.2) is 64.7 Å². The number of halogens is 1. The van der Waals surface area contributed by atoms with Crippen molar-refractivity contribution in [3.8, 4) is 0 Å². The number of nitrogens with zero attached hydrogens (tertiary/aromatic N) is 3. The van der Waals surface area contributed by atoms with Crippen LogP contribution in [0.4, 0.5) is 0 Å². The first-order valence-corrected chi connectivity index (χ1v) is 8.48. The zero-order valence-electron chi connectivity index (χ0n) is 13.9. The Morgan fingerprint density at radius 1 is 1.21 bits per heavy atom. The van der Waals surface area contributed by atoms with E-state index in [0.717, 1.165) is 35.3 Å². The van der Waals surface area contributed by atoms with E-state index in [1.807, 2.05) is 35.3 Å². The standard InChI is InChI=1S/C19H21ClN4/c1-3-22-19(21-2)24-13-17(14-7-5-4-6-8-14)18(23-24)15-9-11-16(20)12-10-15/h4-12,17H,3,13H2,1-2H3,(H,21,22). The van der Waals surface area contributed by atoms with Crippen molar-refractivity contribution < 1.29 is 0 Å². The van der Waals surface area contributed by atoms with Crippen molar-refractivity contribution in [3.05, 3.63) is 70.7 Å². The van der Waals surface area contributed by atoms with E-state index < -0.39 is 0 Å². The summed E-state index contributed by atoms with van der Waals surface area (Å²) >= 11 is 6.04. The van der Waals surface area contributed by atoms with Crippen molar-refractivity contribution in [1.82, 2.24) is 10.3 Å². The molecule has 3 rings (SSSR count). The van der Waals surface area contributed by atoms with Gasteiger partial charge in [0.1, 0.15) is 0 Å². The largest absolute Gasteiger partial charge is 0.355 e. The van der Waals surface area contributed by atoms with Crippen molar-refractivity contribution in [2.45, 2.75) is 12.8 Å².